The van der Waals surface area contributed by atoms with Gasteiger partial charge >= 0.3 is 0 Å². The van der Waals surface area contributed by atoms with Crippen molar-refractivity contribution in [3.05, 3.63) is 58.1 Å². The van der Waals surface area contributed by atoms with Crippen molar-refractivity contribution in [1.29, 1.82) is 0 Å². The Morgan fingerprint density at radius 3 is 2.42 bits per heavy atom. The number of halogens is 1. The van der Waals surface area contributed by atoms with E-state index in [1.54, 1.807) is 18.2 Å². The van der Waals surface area contributed by atoms with Crippen LogP contribution in [0, 0.1) is 6.92 Å². The molecule has 24 heavy (non-hydrogen) atoms. The standard InChI is InChI=1S/C18H19BrN2O2S/c1-11(2)23-16-9-6-13(10-15(16)19)17(22)21-18(24)20-14-7-4-12(3)5-8-14/h4-11H,1-3H3,(H2,20,21,22,24). The van der Waals surface area contributed by atoms with Crippen molar-refractivity contribution in [3.8, 4) is 5.75 Å². The first kappa shape index (κ1) is 18.4. The number of hydrogen-bond acceptors (Lipinski definition) is 3. The van der Waals surface area contributed by atoms with E-state index in [0.29, 0.717) is 11.3 Å². The molecule has 0 aliphatic heterocycles. The summed E-state index contributed by atoms with van der Waals surface area (Å²) in [5.74, 6) is 0.415. The highest BCUT2D eigenvalue weighted by Gasteiger charge is 2.11. The molecule has 0 aliphatic rings. The Bertz CT molecular complexity index is 745. The molecule has 0 aliphatic carbocycles. The van der Waals surface area contributed by atoms with Crippen LogP contribution in [0.1, 0.15) is 29.8 Å². The highest BCUT2D eigenvalue weighted by atomic mass is 79.9. The summed E-state index contributed by atoms with van der Waals surface area (Å²) >= 11 is 8.60. The summed E-state index contributed by atoms with van der Waals surface area (Å²) in [5.41, 5.74) is 2.47. The second-order valence-corrected chi connectivity index (χ2v) is 6.85. The number of anilines is 1. The van der Waals surface area contributed by atoms with Crippen LogP contribution in [0.5, 0.6) is 5.75 Å². The van der Waals surface area contributed by atoms with Gasteiger partial charge in [-0.05, 0) is 79.3 Å². The fourth-order valence-electron chi connectivity index (χ4n) is 1.97. The molecule has 0 saturated carbocycles. The number of hydrogen-bond donors (Lipinski definition) is 2. The SMILES string of the molecule is Cc1ccc(NC(=S)NC(=O)c2ccc(OC(C)C)c(Br)c2)cc1. The Hall–Kier alpha value is -1.92. The molecule has 1 amide bonds. The zero-order valence-corrected chi connectivity index (χ0v) is 16.1. The number of carbonyl (C=O) groups excluding carboxylic acids is 1. The lowest BCUT2D eigenvalue weighted by Crippen LogP contribution is -2.34. The minimum atomic E-state index is -0.281. The van der Waals surface area contributed by atoms with Crippen LogP contribution in [-0.2, 0) is 0 Å². The van der Waals surface area contributed by atoms with E-state index < -0.39 is 0 Å². The molecule has 0 aromatic heterocycles. The molecule has 6 heteroatoms. The number of rotatable bonds is 4. The molecular weight excluding hydrogens is 388 g/mol. The Kier molecular flexibility index (Phi) is 6.34. The Morgan fingerprint density at radius 1 is 1.17 bits per heavy atom. The summed E-state index contributed by atoms with van der Waals surface area (Å²) in [5, 5.41) is 5.90. The van der Waals surface area contributed by atoms with Gasteiger partial charge in [-0.25, -0.2) is 0 Å². The molecule has 2 N–H and O–H groups in total. The zero-order valence-electron chi connectivity index (χ0n) is 13.7. The molecule has 2 aromatic rings. The molecule has 0 bridgehead atoms. The van der Waals surface area contributed by atoms with Gasteiger partial charge in [0.25, 0.3) is 5.91 Å². The van der Waals surface area contributed by atoms with Crippen molar-refractivity contribution >= 4 is 44.9 Å². The largest absolute Gasteiger partial charge is 0.490 e. The van der Waals surface area contributed by atoms with Crippen molar-refractivity contribution in [2.24, 2.45) is 0 Å². The van der Waals surface area contributed by atoms with Gasteiger partial charge in [0.2, 0.25) is 0 Å². The normalized spacial score (nSPS) is 10.4. The lowest BCUT2D eigenvalue weighted by Gasteiger charge is -2.13. The third kappa shape index (κ3) is 5.32. The van der Waals surface area contributed by atoms with Crippen LogP contribution in [0.25, 0.3) is 0 Å². The maximum atomic E-state index is 12.3. The summed E-state index contributed by atoms with van der Waals surface area (Å²) in [6, 6.07) is 12.9. The van der Waals surface area contributed by atoms with Crippen LogP contribution in [0.2, 0.25) is 0 Å². The van der Waals surface area contributed by atoms with Crippen molar-refractivity contribution in [3.63, 3.8) is 0 Å². The first-order valence-electron chi connectivity index (χ1n) is 7.50. The van der Waals surface area contributed by atoms with Crippen LogP contribution < -0.4 is 15.4 Å². The number of benzene rings is 2. The zero-order chi connectivity index (χ0) is 17.7. The quantitative estimate of drug-likeness (QED) is 0.724. The highest BCUT2D eigenvalue weighted by molar-refractivity contribution is 9.10. The molecular formula is C18H19BrN2O2S. The van der Waals surface area contributed by atoms with Crippen LogP contribution >= 0.6 is 28.1 Å². The maximum absolute atomic E-state index is 12.3. The second-order valence-electron chi connectivity index (χ2n) is 5.59. The Labute approximate surface area is 155 Å². The van der Waals surface area contributed by atoms with E-state index in [9.17, 15) is 4.79 Å². The van der Waals surface area contributed by atoms with Crippen molar-refractivity contribution in [1.82, 2.24) is 5.32 Å². The fourth-order valence-corrected chi connectivity index (χ4v) is 2.65. The van der Waals surface area contributed by atoms with E-state index in [-0.39, 0.29) is 17.1 Å². The molecule has 0 radical (unpaired) electrons. The average Bonchev–Trinajstić information content (AvgIpc) is 2.51. The van der Waals surface area contributed by atoms with Gasteiger partial charge in [-0.3, -0.25) is 10.1 Å². The van der Waals surface area contributed by atoms with Crippen LogP contribution in [0.3, 0.4) is 0 Å². The van der Waals surface area contributed by atoms with E-state index in [1.807, 2.05) is 45.0 Å². The summed E-state index contributed by atoms with van der Waals surface area (Å²) < 4.78 is 6.36. The Balaban J connectivity index is 1.99. The molecule has 0 unspecified atom stereocenters. The van der Waals surface area contributed by atoms with Crippen molar-refractivity contribution < 1.29 is 9.53 Å². The average molecular weight is 407 g/mol. The van der Waals surface area contributed by atoms with Gasteiger partial charge in [0.15, 0.2) is 5.11 Å². The topological polar surface area (TPSA) is 50.4 Å². The van der Waals surface area contributed by atoms with Crippen LogP contribution in [0.4, 0.5) is 5.69 Å². The fraction of sp³-hybridized carbons (Fsp3) is 0.222. The third-order valence-corrected chi connectivity index (χ3v) is 3.92. The monoisotopic (exact) mass is 406 g/mol. The van der Waals surface area contributed by atoms with Crippen LogP contribution in [-0.4, -0.2) is 17.1 Å². The number of thiocarbonyl (C=S) groups is 1. The Morgan fingerprint density at radius 2 is 1.83 bits per heavy atom. The molecule has 0 saturated heterocycles. The summed E-state index contributed by atoms with van der Waals surface area (Å²) in [4.78, 5) is 12.3. The number of amides is 1. The molecule has 2 aromatic carbocycles. The lowest BCUT2D eigenvalue weighted by molar-refractivity contribution is 0.0977. The first-order chi connectivity index (χ1) is 11.3. The number of ether oxygens (including phenoxy) is 1. The summed E-state index contributed by atoms with van der Waals surface area (Å²) in [6.07, 6.45) is 0.0623. The van der Waals surface area contributed by atoms with Crippen molar-refractivity contribution in [2.75, 3.05) is 5.32 Å². The van der Waals surface area contributed by atoms with Gasteiger partial charge in [-0.2, -0.15) is 0 Å². The van der Waals surface area contributed by atoms with E-state index in [4.69, 9.17) is 17.0 Å². The second kappa shape index (κ2) is 8.26. The first-order valence-corrected chi connectivity index (χ1v) is 8.70. The van der Waals surface area contributed by atoms with Crippen molar-refractivity contribution in [2.45, 2.75) is 26.9 Å². The van der Waals surface area contributed by atoms with Gasteiger partial charge < -0.3 is 10.1 Å². The van der Waals surface area contributed by atoms with E-state index in [2.05, 4.69) is 26.6 Å². The third-order valence-electron chi connectivity index (χ3n) is 3.09. The number of carbonyl (C=O) groups is 1. The van der Waals surface area contributed by atoms with Gasteiger partial charge in [0.1, 0.15) is 5.75 Å². The van der Waals surface area contributed by atoms with E-state index in [0.717, 1.165) is 15.7 Å². The predicted molar refractivity (Wildman–Crippen MR) is 105 cm³/mol. The summed E-state index contributed by atoms with van der Waals surface area (Å²) in [6.45, 7) is 5.90. The summed E-state index contributed by atoms with van der Waals surface area (Å²) in [7, 11) is 0. The minimum absolute atomic E-state index is 0.0623. The highest BCUT2D eigenvalue weighted by Crippen LogP contribution is 2.27. The van der Waals surface area contributed by atoms with E-state index >= 15 is 0 Å². The van der Waals surface area contributed by atoms with Gasteiger partial charge in [0, 0.05) is 11.3 Å². The smallest absolute Gasteiger partial charge is 0.257 e. The number of aryl methyl sites for hydroxylation is 1. The molecule has 126 valence electrons. The molecule has 0 fully saturated rings. The minimum Gasteiger partial charge on any atom is -0.490 e. The van der Waals surface area contributed by atoms with E-state index in [1.165, 1.54) is 0 Å². The van der Waals surface area contributed by atoms with Gasteiger partial charge in [-0.15, -0.1) is 0 Å². The molecule has 2 rings (SSSR count). The maximum Gasteiger partial charge on any atom is 0.257 e. The van der Waals surface area contributed by atoms with Crippen LogP contribution in [0.15, 0.2) is 46.9 Å². The van der Waals surface area contributed by atoms with Gasteiger partial charge in [0.05, 0.1) is 10.6 Å². The molecule has 0 spiro atoms. The molecule has 0 atom stereocenters. The molecule has 0 heterocycles. The van der Waals surface area contributed by atoms with Gasteiger partial charge in [-0.1, -0.05) is 17.7 Å². The predicted octanol–water partition coefficient (Wildman–Crippen LogP) is 4.67. The number of nitrogens with one attached hydrogen (secondary N) is 2. The molecule has 4 nitrogen and oxygen atoms in total. The lowest BCUT2D eigenvalue weighted by atomic mass is 10.2.